The molecule has 0 radical (unpaired) electrons. The van der Waals surface area contributed by atoms with Crippen LogP contribution < -0.4 is 14.2 Å². The highest BCUT2D eigenvalue weighted by Gasteiger charge is 2.25. The second-order valence-electron chi connectivity index (χ2n) is 6.41. The van der Waals surface area contributed by atoms with Crippen LogP contribution in [-0.2, 0) is 11.2 Å². The largest absolute Gasteiger partial charge is 0.497 e. The minimum Gasteiger partial charge on any atom is -0.497 e. The third-order valence-corrected chi connectivity index (χ3v) is 4.51. The lowest BCUT2D eigenvalue weighted by atomic mass is 10.1. The monoisotopic (exact) mass is 371 g/mol. The second-order valence-corrected chi connectivity index (χ2v) is 6.41. The van der Waals surface area contributed by atoms with E-state index < -0.39 is 0 Å². The van der Waals surface area contributed by atoms with Crippen LogP contribution in [0.4, 0.5) is 0 Å². The number of benzene rings is 1. The van der Waals surface area contributed by atoms with Gasteiger partial charge in [-0.3, -0.25) is 4.79 Å². The number of likely N-dealkylation sites (tertiary alicyclic amines) is 1. The number of methoxy groups -OCH3 is 1. The highest BCUT2D eigenvalue weighted by Crippen LogP contribution is 2.18. The first-order chi connectivity index (χ1) is 13.2. The summed E-state index contributed by atoms with van der Waals surface area (Å²) in [7, 11) is 1.61. The Morgan fingerprint density at radius 2 is 1.89 bits per heavy atom. The molecule has 0 aliphatic carbocycles. The Morgan fingerprint density at radius 1 is 1.19 bits per heavy atom. The van der Waals surface area contributed by atoms with Crippen molar-refractivity contribution >= 4 is 5.91 Å². The normalized spacial score (nSPS) is 16.7. The van der Waals surface area contributed by atoms with E-state index in [1.54, 1.807) is 48.7 Å². The molecule has 0 N–H and O–H groups in total. The third kappa shape index (κ3) is 5.32. The number of nitrogens with zero attached hydrogens (tertiary/aromatic N) is 3. The molecule has 2 aromatic rings. The molecule has 7 nitrogen and oxygen atoms in total. The van der Waals surface area contributed by atoms with Gasteiger partial charge in [0.05, 0.1) is 13.7 Å². The summed E-state index contributed by atoms with van der Waals surface area (Å²) in [5.41, 5.74) is 1.07. The van der Waals surface area contributed by atoms with Gasteiger partial charge in [0.25, 0.3) is 5.91 Å². The van der Waals surface area contributed by atoms with Crippen molar-refractivity contribution in [2.45, 2.75) is 32.3 Å². The predicted molar refractivity (Wildman–Crippen MR) is 100 cm³/mol. The minimum absolute atomic E-state index is 0.000740. The van der Waals surface area contributed by atoms with Crippen LogP contribution in [0.25, 0.3) is 0 Å². The van der Waals surface area contributed by atoms with Gasteiger partial charge in [0.1, 0.15) is 17.6 Å². The zero-order chi connectivity index (χ0) is 19.1. The molecule has 1 aromatic carbocycles. The molecule has 1 unspecified atom stereocenters. The van der Waals surface area contributed by atoms with E-state index in [1.807, 2.05) is 0 Å². The number of amides is 1. The number of piperidine rings is 1. The Bertz CT molecular complexity index is 734. The molecule has 7 heteroatoms. The lowest BCUT2D eigenvalue weighted by Crippen LogP contribution is -2.46. The van der Waals surface area contributed by atoms with Gasteiger partial charge in [-0.15, -0.1) is 0 Å². The van der Waals surface area contributed by atoms with E-state index in [9.17, 15) is 4.79 Å². The van der Waals surface area contributed by atoms with Crippen molar-refractivity contribution < 1.29 is 19.0 Å². The molecule has 1 aliphatic heterocycles. The van der Waals surface area contributed by atoms with E-state index in [-0.39, 0.29) is 18.6 Å². The zero-order valence-electron chi connectivity index (χ0n) is 15.8. The number of ether oxygens (including phenoxy) is 3. The molecule has 0 bridgehead atoms. The smallest absolute Gasteiger partial charge is 0.316 e. The van der Waals surface area contributed by atoms with Crippen LogP contribution in [0, 0.1) is 0 Å². The first-order valence-electron chi connectivity index (χ1n) is 9.20. The Kier molecular flexibility index (Phi) is 6.46. The van der Waals surface area contributed by atoms with Crippen LogP contribution >= 0.6 is 0 Å². The van der Waals surface area contributed by atoms with Crippen molar-refractivity contribution in [1.29, 1.82) is 0 Å². The number of aryl methyl sites for hydroxylation is 1. The summed E-state index contributed by atoms with van der Waals surface area (Å²) in [5, 5.41) is 0. The van der Waals surface area contributed by atoms with Crippen LogP contribution in [-0.4, -0.2) is 53.7 Å². The van der Waals surface area contributed by atoms with E-state index in [2.05, 4.69) is 16.9 Å². The first-order valence-corrected chi connectivity index (χ1v) is 9.20. The van der Waals surface area contributed by atoms with Gasteiger partial charge in [0.15, 0.2) is 6.61 Å². The van der Waals surface area contributed by atoms with Gasteiger partial charge >= 0.3 is 6.01 Å². The van der Waals surface area contributed by atoms with Gasteiger partial charge in [-0.05, 0) is 49.1 Å². The molecule has 1 amide bonds. The van der Waals surface area contributed by atoms with Crippen molar-refractivity contribution in [2.75, 3.05) is 26.8 Å². The zero-order valence-corrected chi connectivity index (χ0v) is 15.8. The van der Waals surface area contributed by atoms with Crippen molar-refractivity contribution in [2.24, 2.45) is 0 Å². The maximum absolute atomic E-state index is 12.5. The fourth-order valence-corrected chi connectivity index (χ4v) is 2.90. The Labute approximate surface area is 159 Å². The highest BCUT2D eigenvalue weighted by molar-refractivity contribution is 5.77. The number of carbonyl (C=O) groups is 1. The summed E-state index contributed by atoms with van der Waals surface area (Å²) in [6.45, 7) is 3.28. The lowest BCUT2D eigenvalue weighted by molar-refractivity contribution is -0.136. The molecule has 144 valence electrons. The SMILES string of the molecule is CCc1cnc(OC2CCCN(C(=O)COc3ccc(OC)cc3)C2)nc1. The van der Waals surface area contributed by atoms with Gasteiger partial charge in [-0.2, -0.15) is 0 Å². The highest BCUT2D eigenvalue weighted by atomic mass is 16.5. The predicted octanol–water partition coefficient (Wildman–Crippen LogP) is 2.50. The van der Waals surface area contributed by atoms with Gasteiger partial charge in [-0.25, -0.2) is 9.97 Å². The average Bonchev–Trinajstić information content (AvgIpc) is 2.73. The van der Waals surface area contributed by atoms with Crippen molar-refractivity contribution in [3.05, 3.63) is 42.2 Å². The van der Waals surface area contributed by atoms with Crippen molar-refractivity contribution in [1.82, 2.24) is 14.9 Å². The topological polar surface area (TPSA) is 73.8 Å². The van der Waals surface area contributed by atoms with E-state index in [4.69, 9.17) is 14.2 Å². The Balaban J connectivity index is 1.49. The quantitative estimate of drug-likeness (QED) is 0.745. The number of hydrogen-bond acceptors (Lipinski definition) is 6. The van der Waals surface area contributed by atoms with E-state index in [0.29, 0.717) is 24.8 Å². The molecule has 27 heavy (non-hydrogen) atoms. The van der Waals surface area contributed by atoms with Crippen LogP contribution in [0.2, 0.25) is 0 Å². The molecular weight excluding hydrogens is 346 g/mol. The average molecular weight is 371 g/mol. The van der Waals surface area contributed by atoms with Gasteiger partial charge in [0.2, 0.25) is 0 Å². The summed E-state index contributed by atoms with van der Waals surface area (Å²) in [5.74, 6) is 1.33. The van der Waals surface area contributed by atoms with Crippen LogP contribution in [0.15, 0.2) is 36.7 Å². The number of rotatable bonds is 7. The molecule has 1 aliphatic rings. The van der Waals surface area contributed by atoms with Crippen molar-refractivity contribution in [3.63, 3.8) is 0 Å². The van der Waals surface area contributed by atoms with Crippen LogP contribution in [0.3, 0.4) is 0 Å². The molecule has 1 fully saturated rings. The number of hydrogen-bond donors (Lipinski definition) is 0. The Morgan fingerprint density at radius 3 is 2.56 bits per heavy atom. The summed E-state index contributed by atoms with van der Waals surface area (Å²) < 4.78 is 16.5. The number of aromatic nitrogens is 2. The maximum Gasteiger partial charge on any atom is 0.316 e. The summed E-state index contributed by atoms with van der Waals surface area (Å²) in [4.78, 5) is 22.7. The molecule has 3 rings (SSSR count). The third-order valence-electron chi connectivity index (χ3n) is 4.51. The molecule has 0 spiro atoms. The van der Waals surface area contributed by atoms with Crippen LogP contribution in [0.5, 0.6) is 17.5 Å². The first kappa shape index (κ1) is 18.9. The Hall–Kier alpha value is -2.83. The molecular formula is C20H25N3O4. The van der Waals surface area contributed by atoms with Gasteiger partial charge < -0.3 is 19.1 Å². The number of carbonyl (C=O) groups excluding carboxylic acids is 1. The van der Waals surface area contributed by atoms with Crippen molar-refractivity contribution in [3.8, 4) is 17.5 Å². The fourth-order valence-electron chi connectivity index (χ4n) is 2.90. The lowest BCUT2D eigenvalue weighted by Gasteiger charge is -2.32. The summed E-state index contributed by atoms with van der Waals surface area (Å²) in [6, 6.07) is 7.53. The molecule has 1 saturated heterocycles. The summed E-state index contributed by atoms with van der Waals surface area (Å²) >= 11 is 0. The fraction of sp³-hybridized carbons (Fsp3) is 0.450. The molecule has 1 atom stereocenters. The second kappa shape index (κ2) is 9.21. The maximum atomic E-state index is 12.5. The van der Waals surface area contributed by atoms with E-state index in [1.165, 1.54) is 0 Å². The summed E-state index contributed by atoms with van der Waals surface area (Å²) in [6.07, 6.45) is 6.10. The van der Waals surface area contributed by atoms with Crippen LogP contribution in [0.1, 0.15) is 25.3 Å². The van der Waals surface area contributed by atoms with Gasteiger partial charge in [-0.1, -0.05) is 6.92 Å². The van der Waals surface area contributed by atoms with Gasteiger partial charge in [0, 0.05) is 18.9 Å². The molecule has 0 saturated carbocycles. The molecule has 2 heterocycles. The standard InChI is InChI=1S/C20H25N3O4/c1-3-15-11-21-20(22-12-15)27-18-5-4-10-23(13-18)19(24)14-26-17-8-6-16(25-2)7-9-17/h6-9,11-12,18H,3-5,10,13-14H2,1-2H3. The van der Waals surface area contributed by atoms with E-state index >= 15 is 0 Å². The van der Waals surface area contributed by atoms with E-state index in [0.717, 1.165) is 30.6 Å². The minimum atomic E-state index is -0.101. The molecule has 1 aromatic heterocycles.